The highest BCUT2D eigenvalue weighted by molar-refractivity contribution is 6.16. The van der Waals surface area contributed by atoms with E-state index in [-0.39, 0.29) is 5.41 Å². The van der Waals surface area contributed by atoms with Crippen molar-refractivity contribution in [3.05, 3.63) is 133 Å². The molecule has 0 spiro atoms. The topological polar surface area (TPSA) is 51.6 Å². The molecule has 0 saturated heterocycles. The van der Waals surface area contributed by atoms with E-state index in [1.165, 1.54) is 38.4 Å². The molecule has 0 fully saturated rings. The fourth-order valence-corrected chi connectivity index (χ4v) is 6.42. The van der Waals surface area contributed by atoms with E-state index in [1.54, 1.807) is 0 Å². The van der Waals surface area contributed by atoms with Gasteiger partial charge in [0, 0.05) is 39.1 Å². The van der Waals surface area contributed by atoms with Crippen LogP contribution in [0.15, 0.2) is 121 Å². The number of fused-ring (bicyclic) bond motifs is 8. The molecule has 0 saturated carbocycles. The Kier molecular flexibility index (Phi) is 5.13. The van der Waals surface area contributed by atoms with Gasteiger partial charge in [-0.2, -0.15) is 0 Å². The predicted octanol–water partition coefficient (Wildman–Crippen LogP) is 8.88. The summed E-state index contributed by atoms with van der Waals surface area (Å²) in [5, 5.41) is 3.64. The van der Waals surface area contributed by atoms with E-state index < -0.39 is 0 Å². The lowest BCUT2D eigenvalue weighted by molar-refractivity contribution is 0.666. The molecule has 0 bridgehead atoms. The third-order valence-corrected chi connectivity index (χ3v) is 8.32. The van der Waals surface area contributed by atoms with Crippen LogP contribution >= 0.6 is 0 Å². The number of pyridine rings is 1. The van der Waals surface area contributed by atoms with Crippen LogP contribution in [0.3, 0.4) is 0 Å². The largest absolute Gasteiger partial charge is 0.256 e. The number of nitrogens with zero attached hydrogens (tertiary/aromatic N) is 4. The summed E-state index contributed by atoms with van der Waals surface area (Å²) in [7, 11) is 0. The summed E-state index contributed by atoms with van der Waals surface area (Å²) < 4.78 is 0. The van der Waals surface area contributed by atoms with E-state index in [9.17, 15) is 0 Å². The van der Waals surface area contributed by atoms with Crippen molar-refractivity contribution >= 4 is 21.7 Å². The van der Waals surface area contributed by atoms with E-state index in [0.717, 1.165) is 22.2 Å². The highest BCUT2D eigenvalue weighted by Crippen LogP contribution is 2.54. The van der Waals surface area contributed by atoms with Gasteiger partial charge in [-0.25, -0.2) is 15.0 Å². The maximum Gasteiger partial charge on any atom is 0.164 e. The van der Waals surface area contributed by atoms with Crippen LogP contribution in [0.1, 0.15) is 25.0 Å². The molecule has 0 amide bonds. The molecule has 4 nitrogen and oxygen atoms in total. The van der Waals surface area contributed by atoms with Gasteiger partial charge < -0.3 is 0 Å². The second-order valence-electron chi connectivity index (χ2n) is 11.1. The fraction of sp³-hybridized carbons (Fsp3) is 0.0811. The van der Waals surface area contributed by atoms with E-state index >= 15 is 0 Å². The summed E-state index contributed by atoms with van der Waals surface area (Å²) in [6, 6.07) is 39.8. The van der Waals surface area contributed by atoms with Crippen LogP contribution in [0, 0.1) is 0 Å². The third kappa shape index (κ3) is 3.61. The second kappa shape index (κ2) is 8.90. The number of aromatic nitrogens is 4. The lowest BCUT2D eigenvalue weighted by atomic mass is 9.79. The molecule has 5 aromatic carbocycles. The Bertz CT molecular complexity index is 2060. The molecule has 8 rings (SSSR count). The Morgan fingerprint density at radius 2 is 1.07 bits per heavy atom. The summed E-state index contributed by atoms with van der Waals surface area (Å²) >= 11 is 0. The maximum absolute atomic E-state index is 4.99. The molecular formula is C37H26N4. The predicted molar refractivity (Wildman–Crippen MR) is 167 cm³/mol. The number of hydrogen-bond acceptors (Lipinski definition) is 4. The maximum atomic E-state index is 4.99. The molecule has 4 heteroatoms. The van der Waals surface area contributed by atoms with Crippen LogP contribution < -0.4 is 0 Å². The highest BCUT2D eigenvalue weighted by atomic mass is 15.0. The van der Waals surface area contributed by atoms with Crippen molar-refractivity contribution < 1.29 is 0 Å². The second-order valence-corrected chi connectivity index (χ2v) is 11.1. The zero-order valence-electron chi connectivity index (χ0n) is 22.8. The Hall–Kier alpha value is -5.22. The summed E-state index contributed by atoms with van der Waals surface area (Å²) in [6.45, 7) is 4.64. The Morgan fingerprint density at radius 3 is 1.73 bits per heavy atom. The Balaban J connectivity index is 1.37. The van der Waals surface area contributed by atoms with Gasteiger partial charge in [0.1, 0.15) is 0 Å². The fourth-order valence-electron chi connectivity index (χ4n) is 6.42. The van der Waals surface area contributed by atoms with Gasteiger partial charge in [0.25, 0.3) is 0 Å². The van der Waals surface area contributed by atoms with Gasteiger partial charge in [-0.05, 0) is 39.8 Å². The smallest absolute Gasteiger partial charge is 0.164 e. The quantitative estimate of drug-likeness (QED) is 0.216. The van der Waals surface area contributed by atoms with Crippen molar-refractivity contribution in [2.24, 2.45) is 0 Å². The monoisotopic (exact) mass is 526 g/mol. The zero-order chi connectivity index (χ0) is 27.6. The minimum atomic E-state index is -0.233. The van der Waals surface area contributed by atoms with Crippen molar-refractivity contribution in [2.45, 2.75) is 19.3 Å². The lowest BCUT2D eigenvalue weighted by Crippen LogP contribution is -2.16. The molecular weight excluding hydrogens is 500 g/mol. The Labute approximate surface area is 238 Å². The molecule has 0 atom stereocenters. The first-order valence-electron chi connectivity index (χ1n) is 13.9. The van der Waals surface area contributed by atoms with Crippen molar-refractivity contribution in [1.82, 2.24) is 19.9 Å². The van der Waals surface area contributed by atoms with Gasteiger partial charge in [0.2, 0.25) is 0 Å². The van der Waals surface area contributed by atoms with Gasteiger partial charge in [-0.1, -0.05) is 117 Å². The molecule has 7 aromatic rings. The highest BCUT2D eigenvalue weighted by Gasteiger charge is 2.39. The van der Waals surface area contributed by atoms with Crippen LogP contribution in [0.25, 0.3) is 67.0 Å². The molecule has 1 aliphatic carbocycles. The standard InChI is InChI=1S/C37H26N4/c1-37(2)30-22-25(36-40-34(23-12-5-3-6-13-23)39-35(41-36)24-14-7-4-8-15-24)19-20-28(30)31-26-16-9-10-17-27(26)33-29(32(31)37)18-11-21-38-33/h3-22H,1-2H3. The minimum absolute atomic E-state index is 0.233. The number of rotatable bonds is 3. The van der Waals surface area contributed by atoms with Crippen molar-refractivity contribution in [3.63, 3.8) is 0 Å². The van der Waals surface area contributed by atoms with Gasteiger partial charge in [0.15, 0.2) is 17.5 Å². The zero-order valence-corrected chi connectivity index (χ0v) is 22.8. The Morgan fingerprint density at radius 1 is 0.512 bits per heavy atom. The molecule has 0 unspecified atom stereocenters. The molecule has 2 aromatic heterocycles. The minimum Gasteiger partial charge on any atom is -0.256 e. The van der Waals surface area contributed by atoms with Crippen molar-refractivity contribution in [3.8, 4) is 45.3 Å². The summed E-state index contributed by atoms with van der Waals surface area (Å²) in [6.07, 6.45) is 1.89. The first kappa shape index (κ1) is 23.6. The van der Waals surface area contributed by atoms with Crippen LogP contribution in [-0.2, 0) is 5.41 Å². The van der Waals surface area contributed by atoms with Gasteiger partial charge >= 0.3 is 0 Å². The first-order chi connectivity index (χ1) is 20.1. The van der Waals surface area contributed by atoms with Gasteiger partial charge in [-0.15, -0.1) is 0 Å². The molecule has 0 aliphatic heterocycles. The molecule has 41 heavy (non-hydrogen) atoms. The molecule has 2 heterocycles. The van der Waals surface area contributed by atoms with Gasteiger partial charge in [-0.3, -0.25) is 4.98 Å². The van der Waals surface area contributed by atoms with Gasteiger partial charge in [0.05, 0.1) is 5.52 Å². The summed E-state index contributed by atoms with van der Waals surface area (Å²) in [4.78, 5) is 19.7. The third-order valence-electron chi connectivity index (χ3n) is 8.32. The van der Waals surface area contributed by atoms with E-state index in [0.29, 0.717) is 17.5 Å². The molecule has 194 valence electrons. The average Bonchev–Trinajstić information content (AvgIpc) is 3.28. The van der Waals surface area contributed by atoms with E-state index in [4.69, 9.17) is 19.9 Å². The van der Waals surface area contributed by atoms with Crippen LogP contribution in [0.4, 0.5) is 0 Å². The number of benzene rings is 5. The van der Waals surface area contributed by atoms with Crippen LogP contribution in [-0.4, -0.2) is 19.9 Å². The lowest BCUT2D eigenvalue weighted by Gasteiger charge is -2.24. The number of hydrogen-bond donors (Lipinski definition) is 0. The van der Waals surface area contributed by atoms with E-state index in [1.807, 2.05) is 72.9 Å². The molecule has 0 N–H and O–H groups in total. The summed E-state index contributed by atoms with van der Waals surface area (Å²) in [5.74, 6) is 2.00. The van der Waals surface area contributed by atoms with Crippen LogP contribution in [0.2, 0.25) is 0 Å². The summed E-state index contributed by atoms with van der Waals surface area (Å²) in [5.41, 5.74) is 8.90. The van der Waals surface area contributed by atoms with E-state index in [2.05, 4.69) is 62.4 Å². The normalized spacial score (nSPS) is 13.3. The van der Waals surface area contributed by atoms with Crippen LogP contribution in [0.5, 0.6) is 0 Å². The first-order valence-corrected chi connectivity index (χ1v) is 13.9. The molecule has 0 radical (unpaired) electrons. The van der Waals surface area contributed by atoms with Crippen molar-refractivity contribution in [1.29, 1.82) is 0 Å². The average molecular weight is 527 g/mol. The SMILES string of the molecule is CC1(C)c2cc(-c3nc(-c4ccccc4)nc(-c4ccccc4)n3)ccc2-c2c1c1cccnc1c1ccccc21. The van der Waals surface area contributed by atoms with Crippen molar-refractivity contribution in [2.75, 3.05) is 0 Å². The molecule has 1 aliphatic rings.